The van der Waals surface area contributed by atoms with E-state index in [4.69, 9.17) is 0 Å². The van der Waals surface area contributed by atoms with Gasteiger partial charge in [-0.2, -0.15) is 0 Å². The molecular weight excluding hydrogens is 226 g/mol. The zero-order valence-corrected chi connectivity index (χ0v) is 11.8. The fraction of sp³-hybridized carbons (Fsp3) is 0.929. The number of nitrogens with zero attached hydrogens (tertiary/aromatic N) is 2. The van der Waals surface area contributed by atoms with Crippen LogP contribution in [0, 0.1) is 5.92 Å². The molecule has 0 spiro atoms. The SMILES string of the molecule is CC(C(=O)N1CCCC1)N(C)CC1CCNCC1. The smallest absolute Gasteiger partial charge is 0.239 e. The van der Waals surface area contributed by atoms with Crippen molar-refractivity contribution in [1.82, 2.24) is 15.1 Å². The van der Waals surface area contributed by atoms with Crippen LogP contribution in [0.2, 0.25) is 0 Å². The maximum Gasteiger partial charge on any atom is 0.239 e. The number of likely N-dealkylation sites (N-methyl/N-ethyl adjacent to an activating group) is 1. The third-order valence-corrected chi connectivity index (χ3v) is 4.44. The van der Waals surface area contributed by atoms with Gasteiger partial charge in [-0.15, -0.1) is 0 Å². The molecule has 104 valence electrons. The molecule has 0 radical (unpaired) electrons. The van der Waals surface area contributed by atoms with Crippen LogP contribution >= 0.6 is 0 Å². The van der Waals surface area contributed by atoms with E-state index in [0.717, 1.165) is 38.6 Å². The van der Waals surface area contributed by atoms with Crippen molar-refractivity contribution in [2.24, 2.45) is 5.92 Å². The summed E-state index contributed by atoms with van der Waals surface area (Å²) in [5.41, 5.74) is 0. The minimum absolute atomic E-state index is 0.0398. The van der Waals surface area contributed by atoms with Gasteiger partial charge in [-0.3, -0.25) is 9.69 Å². The maximum absolute atomic E-state index is 12.3. The van der Waals surface area contributed by atoms with Crippen LogP contribution in [-0.4, -0.2) is 61.5 Å². The lowest BCUT2D eigenvalue weighted by Gasteiger charge is -2.32. The van der Waals surface area contributed by atoms with Crippen LogP contribution in [0.1, 0.15) is 32.6 Å². The number of hydrogen-bond acceptors (Lipinski definition) is 3. The van der Waals surface area contributed by atoms with Gasteiger partial charge in [-0.25, -0.2) is 0 Å². The Kier molecular flexibility index (Phi) is 5.01. The molecule has 0 aromatic carbocycles. The summed E-state index contributed by atoms with van der Waals surface area (Å²) in [6, 6.07) is 0.0398. The number of likely N-dealkylation sites (tertiary alicyclic amines) is 1. The van der Waals surface area contributed by atoms with Crippen LogP contribution in [0.25, 0.3) is 0 Å². The lowest BCUT2D eigenvalue weighted by molar-refractivity contribution is -0.135. The van der Waals surface area contributed by atoms with Crippen LogP contribution in [0.3, 0.4) is 0 Å². The van der Waals surface area contributed by atoms with E-state index >= 15 is 0 Å². The molecule has 1 N–H and O–H groups in total. The molecule has 2 rings (SSSR count). The molecule has 18 heavy (non-hydrogen) atoms. The first-order valence-corrected chi connectivity index (χ1v) is 7.38. The van der Waals surface area contributed by atoms with E-state index in [9.17, 15) is 4.79 Å². The number of nitrogens with one attached hydrogen (secondary N) is 1. The number of amides is 1. The number of carbonyl (C=O) groups excluding carboxylic acids is 1. The molecule has 0 saturated carbocycles. The van der Waals surface area contributed by atoms with Crippen molar-refractivity contribution in [2.75, 3.05) is 39.8 Å². The van der Waals surface area contributed by atoms with Crippen LogP contribution in [0.5, 0.6) is 0 Å². The molecule has 4 heteroatoms. The van der Waals surface area contributed by atoms with E-state index in [1.54, 1.807) is 0 Å². The highest BCUT2D eigenvalue weighted by molar-refractivity contribution is 5.81. The van der Waals surface area contributed by atoms with E-state index in [1.165, 1.54) is 25.7 Å². The highest BCUT2D eigenvalue weighted by Gasteiger charge is 2.27. The number of hydrogen-bond donors (Lipinski definition) is 1. The molecule has 2 heterocycles. The van der Waals surface area contributed by atoms with Crippen LogP contribution < -0.4 is 5.32 Å². The van der Waals surface area contributed by atoms with Crippen molar-refractivity contribution < 1.29 is 4.79 Å². The van der Waals surface area contributed by atoms with Gasteiger partial charge in [0.1, 0.15) is 0 Å². The Hall–Kier alpha value is -0.610. The summed E-state index contributed by atoms with van der Waals surface area (Å²) < 4.78 is 0. The molecule has 2 aliphatic heterocycles. The van der Waals surface area contributed by atoms with Gasteiger partial charge >= 0.3 is 0 Å². The summed E-state index contributed by atoms with van der Waals surface area (Å²) in [6.45, 7) is 7.30. The third-order valence-electron chi connectivity index (χ3n) is 4.44. The molecular formula is C14H27N3O. The van der Waals surface area contributed by atoms with Crippen molar-refractivity contribution in [3.05, 3.63) is 0 Å². The van der Waals surface area contributed by atoms with Gasteiger partial charge in [-0.05, 0) is 58.7 Å². The Balaban J connectivity index is 1.79. The van der Waals surface area contributed by atoms with E-state index < -0.39 is 0 Å². The summed E-state index contributed by atoms with van der Waals surface area (Å²) >= 11 is 0. The first kappa shape index (κ1) is 13.8. The van der Waals surface area contributed by atoms with Crippen molar-refractivity contribution >= 4 is 5.91 Å². The Labute approximate surface area is 111 Å². The average Bonchev–Trinajstić information content (AvgIpc) is 2.92. The lowest BCUT2D eigenvalue weighted by atomic mass is 9.97. The summed E-state index contributed by atoms with van der Waals surface area (Å²) in [4.78, 5) is 16.6. The summed E-state index contributed by atoms with van der Waals surface area (Å²) in [5.74, 6) is 1.08. The predicted octanol–water partition coefficient (Wildman–Crippen LogP) is 0.929. The zero-order valence-electron chi connectivity index (χ0n) is 11.8. The van der Waals surface area contributed by atoms with Crippen molar-refractivity contribution in [2.45, 2.75) is 38.6 Å². The largest absolute Gasteiger partial charge is 0.341 e. The molecule has 4 nitrogen and oxygen atoms in total. The Morgan fingerprint density at radius 2 is 1.94 bits per heavy atom. The van der Waals surface area contributed by atoms with Gasteiger partial charge in [0.15, 0.2) is 0 Å². The third kappa shape index (κ3) is 3.45. The molecule has 0 aliphatic carbocycles. The fourth-order valence-corrected chi connectivity index (χ4v) is 3.02. The Bertz CT molecular complexity index is 270. The second-order valence-corrected chi connectivity index (χ2v) is 5.84. The second-order valence-electron chi connectivity index (χ2n) is 5.84. The van der Waals surface area contributed by atoms with E-state index in [0.29, 0.717) is 5.91 Å². The van der Waals surface area contributed by atoms with Gasteiger partial charge in [0.05, 0.1) is 6.04 Å². The van der Waals surface area contributed by atoms with Crippen molar-refractivity contribution in [1.29, 1.82) is 0 Å². The Morgan fingerprint density at radius 3 is 2.56 bits per heavy atom. The maximum atomic E-state index is 12.3. The molecule has 1 unspecified atom stereocenters. The fourth-order valence-electron chi connectivity index (χ4n) is 3.02. The van der Waals surface area contributed by atoms with Crippen LogP contribution in [0.4, 0.5) is 0 Å². The molecule has 2 fully saturated rings. The minimum Gasteiger partial charge on any atom is -0.341 e. The second kappa shape index (κ2) is 6.53. The molecule has 0 aromatic heterocycles. The number of rotatable bonds is 4. The zero-order chi connectivity index (χ0) is 13.0. The standard InChI is InChI=1S/C14H27N3O/c1-12(14(18)17-9-3-4-10-17)16(2)11-13-5-7-15-8-6-13/h12-13,15H,3-11H2,1-2H3. The van der Waals surface area contributed by atoms with Crippen LogP contribution in [-0.2, 0) is 4.79 Å². The lowest BCUT2D eigenvalue weighted by Crippen LogP contribution is -2.46. The Morgan fingerprint density at radius 1 is 1.33 bits per heavy atom. The number of piperidine rings is 1. The van der Waals surface area contributed by atoms with Gasteiger partial charge in [0.25, 0.3) is 0 Å². The van der Waals surface area contributed by atoms with E-state index in [-0.39, 0.29) is 6.04 Å². The first-order valence-electron chi connectivity index (χ1n) is 7.38. The monoisotopic (exact) mass is 253 g/mol. The normalized spacial score (nSPS) is 23.6. The molecule has 0 bridgehead atoms. The molecule has 1 amide bonds. The average molecular weight is 253 g/mol. The van der Waals surface area contributed by atoms with Gasteiger partial charge < -0.3 is 10.2 Å². The molecule has 0 aromatic rings. The highest BCUT2D eigenvalue weighted by Crippen LogP contribution is 2.16. The van der Waals surface area contributed by atoms with Crippen molar-refractivity contribution in [3.8, 4) is 0 Å². The first-order chi connectivity index (χ1) is 8.68. The quantitative estimate of drug-likeness (QED) is 0.809. The number of carbonyl (C=O) groups is 1. The van der Waals surface area contributed by atoms with Crippen molar-refractivity contribution in [3.63, 3.8) is 0 Å². The molecule has 2 aliphatic rings. The van der Waals surface area contributed by atoms with Gasteiger partial charge in [0.2, 0.25) is 5.91 Å². The summed E-state index contributed by atoms with van der Waals surface area (Å²) in [7, 11) is 2.10. The van der Waals surface area contributed by atoms with E-state index in [1.807, 2.05) is 4.90 Å². The molecule has 2 saturated heterocycles. The molecule has 1 atom stereocenters. The summed E-state index contributed by atoms with van der Waals surface area (Å²) in [5, 5.41) is 3.39. The topological polar surface area (TPSA) is 35.6 Å². The highest BCUT2D eigenvalue weighted by atomic mass is 16.2. The van der Waals surface area contributed by atoms with Gasteiger partial charge in [0, 0.05) is 19.6 Å². The minimum atomic E-state index is 0.0398. The van der Waals surface area contributed by atoms with Gasteiger partial charge in [-0.1, -0.05) is 0 Å². The summed E-state index contributed by atoms with van der Waals surface area (Å²) in [6.07, 6.45) is 4.84. The predicted molar refractivity (Wildman–Crippen MR) is 73.5 cm³/mol. The van der Waals surface area contributed by atoms with E-state index in [2.05, 4.69) is 24.2 Å². The van der Waals surface area contributed by atoms with Crippen LogP contribution in [0.15, 0.2) is 0 Å².